The van der Waals surface area contributed by atoms with Gasteiger partial charge >= 0.3 is 0 Å². The average Bonchev–Trinajstić information content (AvgIpc) is 2.10. The molecule has 1 N–H and O–H groups in total. The summed E-state index contributed by atoms with van der Waals surface area (Å²) < 4.78 is 0.535. The van der Waals surface area contributed by atoms with Crippen molar-refractivity contribution in [3.05, 3.63) is 26.3 Å². The SMILES string of the molecule is CCCCc1nc(C)c(Br)c(=O)[nH]1. The quantitative estimate of drug-likeness (QED) is 0.887. The van der Waals surface area contributed by atoms with Crippen LogP contribution in [-0.4, -0.2) is 9.97 Å². The molecule has 0 atom stereocenters. The lowest BCUT2D eigenvalue weighted by atomic mass is 10.2. The maximum Gasteiger partial charge on any atom is 0.265 e. The van der Waals surface area contributed by atoms with Gasteiger partial charge in [-0.25, -0.2) is 4.98 Å². The van der Waals surface area contributed by atoms with E-state index in [4.69, 9.17) is 0 Å². The van der Waals surface area contributed by atoms with Gasteiger partial charge in [0.2, 0.25) is 0 Å². The van der Waals surface area contributed by atoms with E-state index < -0.39 is 0 Å². The Bertz CT molecular complexity index is 346. The molecule has 4 heteroatoms. The number of nitrogens with one attached hydrogen (secondary N) is 1. The minimum absolute atomic E-state index is 0.0846. The van der Waals surface area contributed by atoms with Crippen molar-refractivity contribution in [1.29, 1.82) is 0 Å². The molecule has 1 rings (SSSR count). The molecular formula is C9H13BrN2O. The van der Waals surface area contributed by atoms with Gasteiger partial charge in [-0.3, -0.25) is 4.79 Å². The molecule has 0 spiro atoms. The van der Waals surface area contributed by atoms with Crippen molar-refractivity contribution in [3.8, 4) is 0 Å². The molecule has 13 heavy (non-hydrogen) atoms. The second kappa shape index (κ2) is 4.56. The third kappa shape index (κ3) is 2.66. The molecule has 3 nitrogen and oxygen atoms in total. The first-order chi connectivity index (χ1) is 6.15. The van der Waals surface area contributed by atoms with Crippen molar-refractivity contribution in [2.24, 2.45) is 0 Å². The molecule has 1 aromatic heterocycles. The first-order valence-electron chi connectivity index (χ1n) is 4.40. The topological polar surface area (TPSA) is 45.8 Å². The van der Waals surface area contributed by atoms with Gasteiger partial charge in [-0.05, 0) is 29.3 Å². The van der Waals surface area contributed by atoms with Crippen LogP contribution in [0.15, 0.2) is 9.27 Å². The molecule has 0 bridgehead atoms. The fourth-order valence-corrected chi connectivity index (χ4v) is 1.28. The smallest absolute Gasteiger partial charge is 0.265 e. The van der Waals surface area contributed by atoms with Crippen LogP contribution in [0.3, 0.4) is 0 Å². The molecule has 0 radical (unpaired) electrons. The summed E-state index contributed by atoms with van der Waals surface area (Å²) in [4.78, 5) is 18.3. The Kier molecular flexibility index (Phi) is 3.66. The highest BCUT2D eigenvalue weighted by Gasteiger charge is 2.03. The highest BCUT2D eigenvalue weighted by atomic mass is 79.9. The van der Waals surface area contributed by atoms with Gasteiger partial charge in [-0.2, -0.15) is 0 Å². The predicted molar refractivity (Wildman–Crippen MR) is 55.9 cm³/mol. The van der Waals surface area contributed by atoms with Crippen LogP contribution in [0.1, 0.15) is 31.3 Å². The van der Waals surface area contributed by atoms with Crippen molar-refractivity contribution < 1.29 is 0 Å². The van der Waals surface area contributed by atoms with Gasteiger partial charge in [0.05, 0.1) is 5.69 Å². The van der Waals surface area contributed by atoms with Gasteiger partial charge in [0.1, 0.15) is 10.3 Å². The Balaban J connectivity index is 2.93. The molecule has 0 aliphatic heterocycles. The van der Waals surface area contributed by atoms with Crippen molar-refractivity contribution in [3.63, 3.8) is 0 Å². The van der Waals surface area contributed by atoms with E-state index in [9.17, 15) is 4.79 Å². The number of aromatic nitrogens is 2. The number of hydrogen-bond acceptors (Lipinski definition) is 2. The van der Waals surface area contributed by atoms with Crippen LogP contribution in [0.5, 0.6) is 0 Å². The zero-order chi connectivity index (χ0) is 9.84. The van der Waals surface area contributed by atoms with E-state index in [2.05, 4.69) is 32.8 Å². The molecule has 0 saturated carbocycles. The van der Waals surface area contributed by atoms with Crippen LogP contribution in [0.25, 0.3) is 0 Å². The Morgan fingerprint density at radius 3 is 2.77 bits per heavy atom. The first kappa shape index (κ1) is 10.4. The monoisotopic (exact) mass is 244 g/mol. The molecule has 1 heterocycles. The summed E-state index contributed by atoms with van der Waals surface area (Å²) in [7, 11) is 0. The third-order valence-electron chi connectivity index (χ3n) is 1.84. The number of aryl methyl sites for hydroxylation is 2. The Morgan fingerprint density at radius 2 is 2.23 bits per heavy atom. The number of aromatic amines is 1. The van der Waals surface area contributed by atoms with E-state index in [1.54, 1.807) is 0 Å². The van der Waals surface area contributed by atoms with Crippen molar-refractivity contribution in [2.75, 3.05) is 0 Å². The van der Waals surface area contributed by atoms with Crippen molar-refractivity contribution in [1.82, 2.24) is 9.97 Å². The molecule has 1 aromatic rings. The summed E-state index contributed by atoms with van der Waals surface area (Å²) in [6.07, 6.45) is 3.02. The summed E-state index contributed by atoms with van der Waals surface area (Å²) in [6.45, 7) is 3.94. The third-order valence-corrected chi connectivity index (χ3v) is 2.78. The molecule has 72 valence electrons. The van der Waals surface area contributed by atoms with Crippen LogP contribution in [0.2, 0.25) is 0 Å². The summed E-state index contributed by atoms with van der Waals surface area (Å²) in [5.74, 6) is 0.785. The molecule has 0 saturated heterocycles. The minimum Gasteiger partial charge on any atom is -0.310 e. The predicted octanol–water partition coefficient (Wildman–Crippen LogP) is 2.18. The zero-order valence-electron chi connectivity index (χ0n) is 7.85. The highest BCUT2D eigenvalue weighted by molar-refractivity contribution is 9.10. The Hall–Kier alpha value is -0.640. The lowest BCUT2D eigenvalue weighted by Gasteiger charge is -2.01. The van der Waals surface area contributed by atoms with Gasteiger partial charge in [0.25, 0.3) is 5.56 Å². The maximum absolute atomic E-state index is 11.3. The highest BCUT2D eigenvalue weighted by Crippen LogP contribution is 2.07. The number of halogens is 1. The molecule has 0 unspecified atom stereocenters. The van der Waals surface area contributed by atoms with Crippen LogP contribution in [-0.2, 0) is 6.42 Å². The second-order valence-corrected chi connectivity index (χ2v) is 3.81. The normalized spacial score (nSPS) is 10.4. The van der Waals surface area contributed by atoms with E-state index in [-0.39, 0.29) is 5.56 Å². The van der Waals surface area contributed by atoms with Gasteiger partial charge in [0, 0.05) is 6.42 Å². The molecule has 0 aromatic carbocycles. The standard InChI is InChI=1S/C9H13BrN2O/c1-3-4-5-7-11-6(2)8(10)9(13)12-7/h3-5H2,1-2H3,(H,11,12,13). The molecular weight excluding hydrogens is 232 g/mol. The fraction of sp³-hybridized carbons (Fsp3) is 0.556. The number of H-pyrrole nitrogens is 1. The van der Waals surface area contributed by atoms with Crippen LogP contribution in [0.4, 0.5) is 0 Å². The summed E-state index contributed by atoms with van der Waals surface area (Å²) >= 11 is 3.18. The van der Waals surface area contributed by atoms with Crippen molar-refractivity contribution in [2.45, 2.75) is 33.1 Å². The average molecular weight is 245 g/mol. The number of nitrogens with zero attached hydrogens (tertiary/aromatic N) is 1. The fourth-order valence-electron chi connectivity index (χ4n) is 1.09. The second-order valence-electron chi connectivity index (χ2n) is 3.02. The van der Waals surface area contributed by atoms with E-state index in [1.807, 2.05) is 6.92 Å². The molecule has 0 fully saturated rings. The Morgan fingerprint density at radius 1 is 1.54 bits per heavy atom. The van der Waals surface area contributed by atoms with Gasteiger partial charge in [-0.15, -0.1) is 0 Å². The van der Waals surface area contributed by atoms with E-state index in [0.717, 1.165) is 30.8 Å². The first-order valence-corrected chi connectivity index (χ1v) is 5.19. The van der Waals surface area contributed by atoms with Crippen LogP contribution in [0, 0.1) is 6.92 Å². The van der Waals surface area contributed by atoms with Gasteiger partial charge < -0.3 is 4.98 Å². The summed E-state index contributed by atoms with van der Waals surface area (Å²) in [6, 6.07) is 0. The zero-order valence-corrected chi connectivity index (χ0v) is 9.44. The van der Waals surface area contributed by atoms with Crippen LogP contribution < -0.4 is 5.56 Å². The number of rotatable bonds is 3. The van der Waals surface area contributed by atoms with Gasteiger partial charge in [-0.1, -0.05) is 13.3 Å². The maximum atomic E-state index is 11.3. The summed E-state index contributed by atoms with van der Waals surface area (Å²) in [5, 5.41) is 0. The largest absolute Gasteiger partial charge is 0.310 e. The van der Waals surface area contributed by atoms with Crippen LogP contribution >= 0.6 is 15.9 Å². The van der Waals surface area contributed by atoms with E-state index >= 15 is 0 Å². The number of unbranched alkanes of at least 4 members (excludes halogenated alkanes) is 1. The lowest BCUT2D eigenvalue weighted by molar-refractivity contribution is 0.741. The molecule has 0 amide bonds. The lowest BCUT2D eigenvalue weighted by Crippen LogP contribution is -2.14. The summed E-state index contributed by atoms with van der Waals surface area (Å²) in [5.41, 5.74) is 0.674. The van der Waals surface area contributed by atoms with E-state index in [1.165, 1.54) is 0 Å². The minimum atomic E-state index is -0.0846. The molecule has 0 aliphatic rings. The van der Waals surface area contributed by atoms with E-state index in [0.29, 0.717) is 4.47 Å². The number of hydrogen-bond donors (Lipinski definition) is 1. The van der Waals surface area contributed by atoms with Crippen molar-refractivity contribution >= 4 is 15.9 Å². The van der Waals surface area contributed by atoms with Gasteiger partial charge in [0.15, 0.2) is 0 Å². The Labute approximate surface area is 85.7 Å². The molecule has 0 aliphatic carbocycles.